The number of Topliss-reactive ketones (excluding diaryl/α,β-unsaturated/α-hetero) is 1. The zero-order valence-electron chi connectivity index (χ0n) is 16.7. The second kappa shape index (κ2) is 7.05. The Bertz CT molecular complexity index is 1260. The fraction of sp³-hybridized carbons (Fsp3) is 0.250. The van der Waals surface area contributed by atoms with Crippen LogP contribution in [0.2, 0.25) is 0 Å². The Labute approximate surface area is 174 Å². The van der Waals surface area contributed by atoms with E-state index in [1.165, 1.54) is 18.4 Å². The van der Waals surface area contributed by atoms with E-state index in [4.69, 9.17) is 12.3 Å². The van der Waals surface area contributed by atoms with Crippen LogP contribution in [0, 0.1) is 6.57 Å². The van der Waals surface area contributed by atoms with Crippen molar-refractivity contribution in [2.75, 3.05) is 13.1 Å². The first-order valence-corrected chi connectivity index (χ1v) is 10.1. The molecule has 0 spiro atoms. The first-order chi connectivity index (χ1) is 14.6. The Balaban J connectivity index is 1.65. The molecule has 0 atom stereocenters. The zero-order chi connectivity index (χ0) is 20.8. The number of nitrogens with zero attached hydrogens (tertiary/aromatic N) is 4. The number of benzene rings is 2. The van der Waals surface area contributed by atoms with E-state index < -0.39 is 0 Å². The van der Waals surface area contributed by atoms with Gasteiger partial charge in [-0.1, -0.05) is 35.9 Å². The van der Waals surface area contributed by atoms with Crippen LogP contribution in [0.3, 0.4) is 0 Å². The number of aliphatic imine (C=N–C) groups is 1. The third kappa shape index (κ3) is 2.95. The predicted molar refractivity (Wildman–Crippen MR) is 117 cm³/mol. The van der Waals surface area contributed by atoms with Crippen molar-refractivity contribution in [3.8, 4) is 22.4 Å². The molecule has 148 valence electrons. The number of hydrogen-bond acceptors (Lipinski definition) is 4. The standard InChI is InChI=1S/C24H21N5O/c1-26-21-10-15(14-3-4-14)5-8-18(21)24-20(12-28-29(24)2)16-6-7-17-19(9-16)22(11-25)27-13-23(17)30/h5-10,12,14H,3-4,11,13,25H2,2H3. The lowest BCUT2D eigenvalue weighted by Crippen LogP contribution is -2.24. The number of aromatic nitrogens is 2. The van der Waals surface area contributed by atoms with Crippen LogP contribution in [0.15, 0.2) is 47.6 Å². The molecule has 2 aromatic carbocycles. The molecule has 2 N–H and O–H groups in total. The molecule has 1 aromatic heterocycles. The molecule has 0 bridgehead atoms. The summed E-state index contributed by atoms with van der Waals surface area (Å²) in [4.78, 5) is 20.4. The van der Waals surface area contributed by atoms with Gasteiger partial charge in [0.25, 0.3) is 0 Å². The van der Waals surface area contributed by atoms with Gasteiger partial charge in [-0.25, -0.2) is 4.85 Å². The number of fused-ring (bicyclic) bond motifs is 1. The highest BCUT2D eigenvalue weighted by Gasteiger charge is 2.26. The minimum Gasteiger partial charge on any atom is -0.325 e. The van der Waals surface area contributed by atoms with Gasteiger partial charge in [-0.15, -0.1) is 0 Å². The molecule has 5 rings (SSSR count). The van der Waals surface area contributed by atoms with E-state index in [9.17, 15) is 4.79 Å². The number of carbonyl (C=O) groups excluding carboxylic acids is 1. The zero-order valence-corrected chi connectivity index (χ0v) is 16.7. The topological polar surface area (TPSA) is 77.6 Å². The van der Waals surface area contributed by atoms with Crippen LogP contribution < -0.4 is 5.73 Å². The van der Waals surface area contributed by atoms with Gasteiger partial charge < -0.3 is 5.73 Å². The van der Waals surface area contributed by atoms with Gasteiger partial charge in [-0.05, 0) is 30.4 Å². The molecule has 1 fully saturated rings. The van der Waals surface area contributed by atoms with Gasteiger partial charge in [0.05, 0.1) is 24.2 Å². The summed E-state index contributed by atoms with van der Waals surface area (Å²) in [6, 6.07) is 11.9. The van der Waals surface area contributed by atoms with Crippen LogP contribution >= 0.6 is 0 Å². The van der Waals surface area contributed by atoms with Crippen molar-refractivity contribution in [1.82, 2.24) is 9.78 Å². The molecule has 2 heterocycles. The maximum atomic E-state index is 12.3. The van der Waals surface area contributed by atoms with Crippen LogP contribution in [0.5, 0.6) is 0 Å². The summed E-state index contributed by atoms with van der Waals surface area (Å²) in [7, 11) is 1.88. The largest absolute Gasteiger partial charge is 0.325 e. The molecule has 1 aliphatic carbocycles. The minimum absolute atomic E-state index is 0.00566. The molecule has 3 aromatic rings. The van der Waals surface area contributed by atoms with E-state index in [0.717, 1.165) is 33.7 Å². The number of carbonyl (C=O) groups is 1. The Morgan fingerprint density at radius 1 is 1.13 bits per heavy atom. The summed E-state index contributed by atoms with van der Waals surface area (Å²) >= 11 is 0. The van der Waals surface area contributed by atoms with Crippen molar-refractivity contribution in [3.05, 3.63) is 70.7 Å². The Kier molecular flexibility index (Phi) is 4.34. The number of nitrogens with two attached hydrogens (primary N) is 1. The van der Waals surface area contributed by atoms with Gasteiger partial charge in [0, 0.05) is 35.8 Å². The van der Waals surface area contributed by atoms with Crippen LogP contribution in [0.4, 0.5) is 5.69 Å². The van der Waals surface area contributed by atoms with Crippen LogP contribution in [0.25, 0.3) is 27.2 Å². The molecule has 6 heteroatoms. The molecule has 1 saturated carbocycles. The highest BCUT2D eigenvalue weighted by atomic mass is 16.1. The normalized spacial score (nSPS) is 15.5. The fourth-order valence-corrected chi connectivity index (χ4v) is 4.19. The van der Waals surface area contributed by atoms with E-state index in [1.807, 2.05) is 43.6 Å². The van der Waals surface area contributed by atoms with Crippen molar-refractivity contribution in [3.63, 3.8) is 0 Å². The van der Waals surface area contributed by atoms with Crippen LogP contribution in [-0.4, -0.2) is 34.4 Å². The number of ketones is 1. The van der Waals surface area contributed by atoms with Crippen LogP contribution in [-0.2, 0) is 7.05 Å². The van der Waals surface area contributed by atoms with E-state index in [0.29, 0.717) is 17.2 Å². The quantitative estimate of drug-likeness (QED) is 0.675. The van der Waals surface area contributed by atoms with Crippen molar-refractivity contribution < 1.29 is 4.79 Å². The first kappa shape index (κ1) is 18.5. The summed E-state index contributed by atoms with van der Waals surface area (Å²) in [5.41, 5.74) is 13.5. The maximum Gasteiger partial charge on any atom is 0.196 e. The van der Waals surface area contributed by atoms with Gasteiger partial charge in [0.15, 0.2) is 11.5 Å². The van der Waals surface area contributed by atoms with E-state index in [1.54, 1.807) is 4.68 Å². The Morgan fingerprint density at radius 3 is 2.67 bits per heavy atom. The van der Waals surface area contributed by atoms with E-state index >= 15 is 0 Å². The lowest BCUT2D eigenvalue weighted by molar-refractivity contribution is 0.1000. The molecule has 1 aliphatic heterocycles. The summed E-state index contributed by atoms with van der Waals surface area (Å²) in [5.74, 6) is 0.601. The molecule has 0 amide bonds. The number of hydrogen-bond donors (Lipinski definition) is 1. The molecule has 0 unspecified atom stereocenters. The summed E-state index contributed by atoms with van der Waals surface area (Å²) in [6.07, 6.45) is 4.21. The summed E-state index contributed by atoms with van der Waals surface area (Å²) < 4.78 is 1.80. The van der Waals surface area contributed by atoms with Gasteiger partial charge in [0.1, 0.15) is 6.54 Å². The lowest BCUT2D eigenvalue weighted by Gasteiger charge is -2.17. The molecular weight excluding hydrogens is 374 g/mol. The number of rotatable bonds is 4. The van der Waals surface area contributed by atoms with E-state index in [2.05, 4.69) is 21.0 Å². The van der Waals surface area contributed by atoms with Crippen molar-refractivity contribution in [1.29, 1.82) is 0 Å². The minimum atomic E-state index is 0.00566. The second-order valence-electron chi connectivity index (χ2n) is 7.84. The van der Waals surface area contributed by atoms with Gasteiger partial charge in [-0.3, -0.25) is 14.5 Å². The van der Waals surface area contributed by atoms with Crippen molar-refractivity contribution >= 4 is 17.2 Å². The molecule has 6 nitrogen and oxygen atoms in total. The number of aryl methyl sites for hydroxylation is 1. The van der Waals surface area contributed by atoms with Gasteiger partial charge in [0.2, 0.25) is 0 Å². The third-order valence-electron chi connectivity index (χ3n) is 5.93. The Morgan fingerprint density at radius 2 is 1.93 bits per heavy atom. The van der Waals surface area contributed by atoms with Crippen molar-refractivity contribution in [2.45, 2.75) is 18.8 Å². The fourth-order valence-electron chi connectivity index (χ4n) is 4.19. The monoisotopic (exact) mass is 395 g/mol. The molecule has 2 aliphatic rings. The molecular formula is C24H21N5O. The average molecular weight is 395 g/mol. The third-order valence-corrected chi connectivity index (χ3v) is 5.93. The average Bonchev–Trinajstić information content (AvgIpc) is 3.55. The highest BCUT2D eigenvalue weighted by Crippen LogP contribution is 2.44. The summed E-state index contributed by atoms with van der Waals surface area (Å²) in [5, 5.41) is 4.47. The molecule has 0 saturated heterocycles. The smallest absolute Gasteiger partial charge is 0.196 e. The molecule has 30 heavy (non-hydrogen) atoms. The van der Waals surface area contributed by atoms with Gasteiger partial charge >= 0.3 is 0 Å². The van der Waals surface area contributed by atoms with Crippen LogP contribution in [0.1, 0.15) is 40.2 Å². The van der Waals surface area contributed by atoms with E-state index in [-0.39, 0.29) is 18.9 Å². The highest BCUT2D eigenvalue weighted by molar-refractivity contribution is 6.16. The lowest BCUT2D eigenvalue weighted by atomic mass is 9.91. The predicted octanol–water partition coefficient (Wildman–Crippen LogP) is 4.13. The SMILES string of the molecule is [C-]#[N+]c1cc(C2CC2)ccc1-c1c(-c2ccc3c(c2)C(CN)=NCC3=O)cnn1C. The molecule has 0 radical (unpaired) electrons. The maximum absolute atomic E-state index is 12.3. The van der Waals surface area contributed by atoms with Crippen molar-refractivity contribution in [2.24, 2.45) is 17.8 Å². The summed E-state index contributed by atoms with van der Waals surface area (Å²) in [6.45, 7) is 8.15. The Hall–Kier alpha value is -3.56. The second-order valence-corrected chi connectivity index (χ2v) is 7.84. The van der Waals surface area contributed by atoms with Gasteiger partial charge in [-0.2, -0.15) is 5.10 Å². The first-order valence-electron chi connectivity index (χ1n) is 10.1.